The van der Waals surface area contributed by atoms with E-state index in [1.54, 1.807) is 0 Å². The maximum absolute atomic E-state index is 12.5. The van der Waals surface area contributed by atoms with Gasteiger partial charge in [-0.05, 0) is 17.9 Å². The Morgan fingerprint density at radius 2 is 1.69 bits per heavy atom. The van der Waals surface area contributed by atoms with Crippen molar-refractivity contribution in [3.8, 4) is 0 Å². The van der Waals surface area contributed by atoms with Crippen LogP contribution in [-0.2, 0) is 4.79 Å². The van der Waals surface area contributed by atoms with E-state index in [0.29, 0.717) is 16.4 Å². The first-order valence-electron chi connectivity index (χ1n) is 6.35. The summed E-state index contributed by atoms with van der Waals surface area (Å²) < 4.78 is 0.277. The lowest BCUT2D eigenvalue weighted by molar-refractivity contribution is -0.118. The third-order valence-electron chi connectivity index (χ3n) is 4.66. The highest BCUT2D eigenvalue weighted by molar-refractivity contribution is 14.1. The third-order valence-corrected chi connectivity index (χ3v) is 12.1. The fourth-order valence-corrected chi connectivity index (χ4v) is 6.51. The smallest absolute Gasteiger partial charge is 0.146 e. The highest BCUT2D eigenvalue weighted by atomic mass is 127. The van der Waals surface area contributed by atoms with E-state index in [-0.39, 0.29) is 3.92 Å². The molecule has 1 rings (SSSR count). The third kappa shape index (κ3) is 2.89. The molecule has 1 aliphatic rings. The number of Topliss-reactive ketones (excluding diaryl/α,β-unsaturated/α-hetero) is 1. The Labute approximate surface area is 115 Å². The van der Waals surface area contributed by atoms with Gasteiger partial charge in [0.2, 0.25) is 0 Å². The summed E-state index contributed by atoms with van der Waals surface area (Å²) >= 11 is 2.36. The minimum absolute atomic E-state index is 0.277. The van der Waals surface area contributed by atoms with Gasteiger partial charge in [0, 0.05) is 5.54 Å². The van der Waals surface area contributed by atoms with Gasteiger partial charge in [0.25, 0.3) is 0 Å². The number of hydrogen-bond donors (Lipinski definition) is 0. The molecule has 94 valence electrons. The second kappa shape index (κ2) is 5.08. The molecule has 0 N–H and O–H groups in total. The molecule has 1 nitrogen and oxygen atoms in total. The zero-order chi connectivity index (χ0) is 12.6. The van der Waals surface area contributed by atoms with Gasteiger partial charge in [-0.25, -0.2) is 0 Å². The lowest BCUT2D eigenvalue weighted by atomic mass is 10.2. The van der Waals surface area contributed by atoms with Gasteiger partial charge in [0.05, 0.1) is 12.0 Å². The highest BCUT2D eigenvalue weighted by Gasteiger charge is 2.46. The second-order valence-corrected chi connectivity index (χ2v) is 13.8. The topological polar surface area (TPSA) is 17.1 Å². The van der Waals surface area contributed by atoms with Crippen molar-refractivity contribution in [1.82, 2.24) is 0 Å². The van der Waals surface area contributed by atoms with E-state index in [4.69, 9.17) is 0 Å². The molecule has 0 radical (unpaired) electrons. The maximum Gasteiger partial charge on any atom is 0.146 e. The number of hydrogen-bond acceptors (Lipinski definition) is 1. The molecule has 0 bridgehead atoms. The van der Waals surface area contributed by atoms with Crippen LogP contribution in [0, 0.1) is 0 Å². The molecular formula is C13H25IOSi. The zero-order valence-electron chi connectivity index (χ0n) is 11.3. The summed E-state index contributed by atoms with van der Waals surface area (Å²) in [5.74, 6) is 0.560. The van der Waals surface area contributed by atoms with Gasteiger partial charge in [0.15, 0.2) is 0 Å². The molecule has 0 heterocycles. The average molecular weight is 352 g/mol. The fourth-order valence-electron chi connectivity index (χ4n) is 2.41. The van der Waals surface area contributed by atoms with Gasteiger partial charge < -0.3 is 0 Å². The van der Waals surface area contributed by atoms with E-state index < -0.39 is 8.07 Å². The quantitative estimate of drug-likeness (QED) is 0.286. The molecule has 2 atom stereocenters. The van der Waals surface area contributed by atoms with Crippen LogP contribution in [0.1, 0.15) is 46.5 Å². The first-order chi connectivity index (χ1) is 7.18. The van der Waals surface area contributed by atoms with Crippen molar-refractivity contribution in [2.45, 2.75) is 74.1 Å². The first kappa shape index (κ1) is 14.7. The Kier molecular flexibility index (Phi) is 4.66. The largest absolute Gasteiger partial charge is 0.299 e. The molecule has 1 fully saturated rings. The van der Waals surface area contributed by atoms with E-state index in [2.05, 4.69) is 56.5 Å². The average Bonchev–Trinajstić information content (AvgIpc) is 2.28. The summed E-state index contributed by atoms with van der Waals surface area (Å²) in [6.07, 6.45) is 4.74. The van der Waals surface area contributed by atoms with Gasteiger partial charge in [-0.1, -0.05) is 69.3 Å². The lowest BCUT2D eigenvalue weighted by Gasteiger charge is -2.42. The van der Waals surface area contributed by atoms with Crippen LogP contribution in [-0.4, -0.2) is 17.8 Å². The Balaban J connectivity index is 2.96. The van der Waals surface area contributed by atoms with Crippen LogP contribution in [0.3, 0.4) is 0 Å². The monoisotopic (exact) mass is 352 g/mol. The number of alkyl halides is 1. The van der Waals surface area contributed by atoms with Crippen LogP contribution < -0.4 is 0 Å². The second-order valence-electron chi connectivity index (χ2n) is 6.68. The molecule has 0 aromatic carbocycles. The van der Waals surface area contributed by atoms with Crippen LogP contribution in [0.25, 0.3) is 0 Å². The van der Waals surface area contributed by atoms with Crippen LogP contribution in [0.5, 0.6) is 0 Å². The summed E-state index contributed by atoms with van der Waals surface area (Å²) in [4.78, 5) is 12.5. The molecule has 1 aliphatic carbocycles. The SMILES string of the molecule is CC(C)(C)[Si](C)(C)[C@@H]1CCCC[C@@H](I)C1=O. The summed E-state index contributed by atoms with van der Waals surface area (Å²) in [5.41, 5.74) is 0.386. The van der Waals surface area contributed by atoms with Crippen molar-refractivity contribution >= 4 is 36.4 Å². The molecule has 0 aliphatic heterocycles. The van der Waals surface area contributed by atoms with E-state index in [1.807, 2.05) is 0 Å². The van der Waals surface area contributed by atoms with Crippen LogP contribution in [0.15, 0.2) is 0 Å². The summed E-state index contributed by atoms with van der Waals surface area (Å²) in [7, 11) is -1.50. The van der Waals surface area contributed by atoms with E-state index in [9.17, 15) is 4.79 Å². The van der Waals surface area contributed by atoms with Crippen molar-refractivity contribution in [2.75, 3.05) is 0 Å². The van der Waals surface area contributed by atoms with E-state index >= 15 is 0 Å². The molecule has 1 saturated carbocycles. The molecular weight excluding hydrogens is 327 g/mol. The standard InChI is InChI=1S/C13H25IOSi/c1-13(2,3)16(4,5)11-9-7-6-8-10(14)12(11)15/h10-11H,6-9H2,1-5H3/t10-,11-/m1/s1. The predicted octanol–water partition coefficient (Wildman–Crippen LogP) is 4.81. The molecule has 0 amide bonds. The van der Waals surface area contributed by atoms with Crippen molar-refractivity contribution in [1.29, 1.82) is 0 Å². The Morgan fingerprint density at radius 1 is 1.19 bits per heavy atom. The molecule has 16 heavy (non-hydrogen) atoms. The fraction of sp³-hybridized carbons (Fsp3) is 0.923. The number of carbonyl (C=O) groups is 1. The number of halogens is 1. The highest BCUT2D eigenvalue weighted by Crippen LogP contribution is 2.47. The van der Waals surface area contributed by atoms with Gasteiger partial charge in [-0.2, -0.15) is 0 Å². The molecule has 0 aromatic heterocycles. The maximum atomic E-state index is 12.5. The van der Waals surface area contributed by atoms with E-state index in [0.717, 1.165) is 12.8 Å². The predicted molar refractivity (Wildman–Crippen MR) is 82.2 cm³/mol. The molecule has 0 aromatic rings. The molecule has 0 unspecified atom stereocenters. The van der Waals surface area contributed by atoms with Crippen molar-refractivity contribution in [2.24, 2.45) is 0 Å². The zero-order valence-corrected chi connectivity index (χ0v) is 14.4. The first-order valence-corrected chi connectivity index (χ1v) is 10.7. The van der Waals surface area contributed by atoms with Gasteiger partial charge >= 0.3 is 0 Å². The Bertz CT molecular complexity index is 268. The molecule has 3 heteroatoms. The van der Waals surface area contributed by atoms with Crippen LogP contribution in [0.4, 0.5) is 0 Å². The minimum atomic E-state index is -1.50. The van der Waals surface area contributed by atoms with Crippen molar-refractivity contribution in [3.63, 3.8) is 0 Å². The van der Waals surface area contributed by atoms with Crippen molar-refractivity contribution in [3.05, 3.63) is 0 Å². The Morgan fingerprint density at radius 3 is 2.19 bits per heavy atom. The van der Waals surface area contributed by atoms with Crippen LogP contribution >= 0.6 is 22.6 Å². The number of carbonyl (C=O) groups excluding carboxylic acids is 1. The molecule has 0 spiro atoms. The van der Waals surface area contributed by atoms with Crippen molar-refractivity contribution < 1.29 is 4.79 Å². The minimum Gasteiger partial charge on any atom is -0.299 e. The van der Waals surface area contributed by atoms with Gasteiger partial charge in [-0.15, -0.1) is 0 Å². The van der Waals surface area contributed by atoms with Crippen LogP contribution in [0.2, 0.25) is 23.7 Å². The van der Waals surface area contributed by atoms with Gasteiger partial charge in [-0.3, -0.25) is 4.79 Å². The summed E-state index contributed by atoms with van der Waals surface area (Å²) in [6.45, 7) is 11.8. The van der Waals surface area contributed by atoms with E-state index in [1.165, 1.54) is 12.8 Å². The van der Waals surface area contributed by atoms with Gasteiger partial charge in [0.1, 0.15) is 5.78 Å². The Hall–Kier alpha value is 0.617. The summed E-state index contributed by atoms with van der Waals surface area (Å²) in [5, 5.41) is 0.327. The lowest BCUT2D eigenvalue weighted by Crippen LogP contribution is -2.46. The normalized spacial score (nSPS) is 29.0. The molecule has 0 saturated heterocycles. The number of ketones is 1. The summed E-state index contributed by atoms with van der Waals surface area (Å²) in [6, 6.07) is 0. The number of rotatable bonds is 1.